The number of fused-ring (bicyclic) bond motifs is 1. The number of amides is 1. The summed E-state index contributed by atoms with van der Waals surface area (Å²) in [5.41, 5.74) is 4.14. The van der Waals surface area contributed by atoms with Gasteiger partial charge in [0.2, 0.25) is 7.85 Å². The SMILES string of the molecule is CN(C)Cc1ccc(-c2c(-c3cccc(OC(F)(F)F)c3)cc3n2C(CCO)CNC3=O)cc1.[BH]C#N. The standard InChI is InChI=1S/C25H26F3N3O3.CHBN/c1-30(2)15-16-6-8-17(9-7-16)23-21(18-4-3-5-20(12-18)34-25(26,27)28)13-22-24(33)29-14-19(10-11-32)31(22)23;2-1-3/h3-9,12-13,19,32H,10-11,14-15H2,1-2H3,(H,29,33);2H. The molecule has 0 fully saturated rings. The van der Waals surface area contributed by atoms with Crippen LogP contribution >= 0.6 is 0 Å². The minimum atomic E-state index is -4.81. The summed E-state index contributed by atoms with van der Waals surface area (Å²) in [6, 6.07) is 15.1. The number of ether oxygens (including phenoxy) is 1. The predicted molar refractivity (Wildman–Crippen MR) is 135 cm³/mol. The van der Waals surface area contributed by atoms with E-state index in [0.717, 1.165) is 17.7 Å². The third-order valence-electron chi connectivity index (χ3n) is 5.70. The van der Waals surface area contributed by atoms with E-state index < -0.39 is 6.36 Å². The molecule has 2 heterocycles. The Kier molecular flexibility index (Phi) is 9.02. The molecule has 193 valence electrons. The minimum Gasteiger partial charge on any atom is -0.406 e. The Bertz CT molecular complexity index is 1270. The van der Waals surface area contributed by atoms with Crippen molar-refractivity contribution in [2.24, 2.45) is 0 Å². The third kappa shape index (κ3) is 6.93. The maximum atomic E-state index is 12.8. The van der Waals surface area contributed by atoms with Gasteiger partial charge in [-0.2, -0.15) is 0 Å². The van der Waals surface area contributed by atoms with E-state index in [1.807, 2.05) is 47.8 Å². The molecule has 0 spiro atoms. The van der Waals surface area contributed by atoms with Gasteiger partial charge in [-0.3, -0.25) is 4.79 Å². The number of carbonyl (C=O) groups is 1. The molecule has 0 saturated heterocycles. The largest absolute Gasteiger partial charge is 0.573 e. The molecular formula is C26H27BF3N4O3. The van der Waals surface area contributed by atoms with E-state index in [9.17, 15) is 23.1 Å². The van der Waals surface area contributed by atoms with E-state index in [0.29, 0.717) is 35.5 Å². The van der Waals surface area contributed by atoms with Crippen LogP contribution in [0.25, 0.3) is 22.4 Å². The van der Waals surface area contributed by atoms with Gasteiger partial charge in [0.15, 0.2) is 0 Å². The molecule has 1 aromatic heterocycles. The van der Waals surface area contributed by atoms with Crippen LogP contribution in [0.5, 0.6) is 5.75 Å². The molecule has 1 unspecified atom stereocenters. The van der Waals surface area contributed by atoms with Crippen molar-refractivity contribution in [3.8, 4) is 34.1 Å². The van der Waals surface area contributed by atoms with Gasteiger partial charge in [-0.05, 0) is 61.4 Å². The first-order valence-electron chi connectivity index (χ1n) is 11.5. The maximum Gasteiger partial charge on any atom is 0.573 e. The van der Waals surface area contributed by atoms with E-state index in [1.165, 1.54) is 24.2 Å². The molecule has 4 rings (SSSR count). The molecule has 11 heteroatoms. The number of aliphatic hydroxyl groups excluding tert-OH is 1. The zero-order chi connectivity index (χ0) is 27.2. The lowest BCUT2D eigenvalue weighted by molar-refractivity contribution is -0.274. The van der Waals surface area contributed by atoms with Gasteiger partial charge >= 0.3 is 6.36 Å². The van der Waals surface area contributed by atoms with Crippen molar-refractivity contribution >= 4 is 13.8 Å². The Morgan fingerprint density at radius 2 is 1.86 bits per heavy atom. The number of benzene rings is 2. The molecule has 0 saturated carbocycles. The van der Waals surface area contributed by atoms with Crippen LogP contribution in [0, 0.1) is 11.2 Å². The van der Waals surface area contributed by atoms with Crippen LogP contribution in [0.3, 0.4) is 0 Å². The second-order valence-electron chi connectivity index (χ2n) is 8.71. The van der Waals surface area contributed by atoms with Gasteiger partial charge in [0, 0.05) is 25.3 Å². The fourth-order valence-electron chi connectivity index (χ4n) is 4.36. The van der Waals surface area contributed by atoms with E-state index in [-0.39, 0.29) is 24.3 Å². The molecule has 2 N–H and O–H groups in total. The van der Waals surface area contributed by atoms with Crippen LogP contribution in [0.1, 0.15) is 28.5 Å². The molecule has 0 aliphatic carbocycles. The highest BCUT2D eigenvalue weighted by Gasteiger charge is 2.32. The summed E-state index contributed by atoms with van der Waals surface area (Å²) in [5, 5.41) is 19.7. The predicted octanol–water partition coefficient (Wildman–Crippen LogP) is 3.82. The number of carbonyl (C=O) groups excluding carboxylic acids is 1. The van der Waals surface area contributed by atoms with Gasteiger partial charge in [0.25, 0.3) is 5.91 Å². The summed E-state index contributed by atoms with van der Waals surface area (Å²) < 4.78 is 44.5. The van der Waals surface area contributed by atoms with E-state index >= 15 is 0 Å². The summed E-state index contributed by atoms with van der Waals surface area (Å²) in [4.78, 5) is 14.8. The molecular weight excluding hydrogens is 484 g/mol. The Morgan fingerprint density at radius 3 is 2.46 bits per heavy atom. The summed E-state index contributed by atoms with van der Waals surface area (Å²) >= 11 is 0. The van der Waals surface area contributed by atoms with Gasteiger partial charge in [-0.25, -0.2) is 5.26 Å². The number of halogens is 3. The van der Waals surface area contributed by atoms with Gasteiger partial charge in [0.1, 0.15) is 11.4 Å². The Balaban J connectivity index is 0.00000121. The Morgan fingerprint density at radius 1 is 1.19 bits per heavy atom. The van der Waals surface area contributed by atoms with Crippen LogP contribution < -0.4 is 10.1 Å². The van der Waals surface area contributed by atoms with E-state index in [1.54, 1.807) is 12.1 Å². The fourth-order valence-corrected chi connectivity index (χ4v) is 4.36. The Labute approximate surface area is 214 Å². The van der Waals surface area contributed by atoms with E-state index in [2.05, 4.69) is 17.9 Å². The van der Waals surface area contributed by atoms with Crippen LogP contribution in [0.15, 0.2) is 54.6 Å². The number of alkyl halides is 3. The van der Waals surface area contributed by atoms with Gasteiger partial charge in [-0.1, -0.05) is 36.4 Å². The summed E-state index contributed by atoms with van der Waals surface area (Å²) in [5.74, 6) is 0.895. The number of hydrogen-bond donors (Lipinski definition) is 2. The van der Waals surface area contributed by atoms with Crippen molar-refractivity contribution in [2.75, 3.05) is 27.2 Å². The first-order valence-corrected chi connectivity index (χ1v) is 11.5. The third-order valence-corrected chi connectivity index (χ3v) is 5.70. The zero-order valence-electron chi connectivity index (χ0n) is 20.5. The normalized spacial score (nSPS) is 14.8. The highest BCUT2D eigenvalue weighted by atomic mass is 19.4. The highest BCUT2D eigenvalue weighted by molar-refractivity contribution is 6.20. The summed E-state index contributed by atoms with van der Waals surface area (Å²) in [6.07, 6.45) is -4.39. The molecule has 1 aliphatic rings. The summed E-state index contributed by atoms with van der Waals surface area (Å²) in [6.45, 7) is 1.04. The van der Waals surface area contributed by atoms with Crippen molar-refractivity contribution in [3.63, 3.8) is 0 Å². The molecule has 37 heavy (non-hydrogen) atoms. The van der Waals surface area contributed by atoms with Crippen LogP contribution in [-0.2, 0) is 6.54 Å². The van der Waals surface area contributed by atoms with Gasteiger partial charge in [0.05, 0.1) is 11.7 Å². The topological polar surface area (TPSA) is 90.5 Å². The van der Waals surface area contributed by atoms with Crippen LogP contribution in [0.2, 0.25) is 0 Å². The molecule has 2 aromatic carbocycles. The van der Waals surface area contributed by atoms with Crippen molar-refractivity contribution in [3.05, 3.63) is 65.9 Å². The second kappa shape index (κ2) is 12.0. The molecule has 1 atom stereocenters. The Hall–Kier alpha value is -3.75. The van der Waals surface area contributed by atoms with Gasteiger partial charge in [-0.15, -0.1) is 13.2 Å². The monoisotopic (exact) mass is 511 g/mol. The molecule has 7 nitrogen and oxygen atoms in total. The van der Waals surface area contributed by atoms with E-state index in [4.69, 9.17) is 5.26 Å². The van der Waals surface area contributed by atoms with Crippen molar-refractivity contribution in [1.29, 1.82) is 5.26 Å². The van der Waals surface area contributed by atoms with Crippen molar-refractivity contribution in [2.45, 2.75) is 25.4 Å². The highest BCUT2D eigenvalue weighted by Crippen LogP contribution is 2.40. The lowest BCUT2D eigenvalue weighted by Gasteiger charge is -2.28. The number of aliphatic hydroxyl groups is 1. The number of nitriles is 1. The van der Waals surface area contributed by atoms with Gasteiger partial charge < -0.3 is 24.6 Å². The number of hydrogen-bond acceptors (Lipinski definition) is 5. The van der Waals surface area contributed by atoms with Crippen LogP contribution in [0.4, 0.5) is 13.2 Å². The smallest absolute Gasteiger partial charge is 0.406 e. The van der Waals surface area contributed by atoms with Crippen molar-refractivity contribution < 1.29 is 27.8 Å². The first kappa shape index (κ1) is 27.8. The lowest BCUT2D eigenvalue weighted by Crippen LogP contribution is -2.39. The molecule has 1 amide bonds. The second-order valence-corrected chi connectivity index (χ2v) is 8.71. The van der Waals surface area contributed by atoms with Crippen LogP contribution in [-0.4, -0.2) is 61.9 Å². The zero-order valence-corrected chi connectivity index (χ0v) is 20.5. The first-order chi connectivity index (χ1) is 17.6. The molecule has 1 radical (unpaired) electrons. The molecule has 3 aromatic rings. The summed E-state index contributed by atoms with van der Waals surface area (Å²) in [7, 11) is 6.74. The van der Waals surface area contributed by atoms with Crippen molar-refractivity contribution in [1.82, 2.24) is 14.8 Å². The number of rotatable bonds is 7. The maximum absolute atomic E-state index is 12.8. The average molecular weight is 511 g/mol. The number of nitrogens with one attached hydrogen (secondary N) is 1. The number of aromatic nitrogens is 1. The quantitative estimate of drug-likeness (QED) is 0.471. The minimum absolute atomic E-state index is 0.0659. The lowest BCUT2D eigenvalue weighted by atomic mass is 9.99. The molecule has 0 bridgehead atoms. The fraction of sp³-hybridized carbons (Fsp3) is 0.308. The average Bonchev–Trinajstić information content (AvgIpc) is 3.23. The number of nitrogens with zero attached hydrogens (tertiary/aromatic N) is 3. The molecule has 1 aliphatic heterocycles.